The van der Waals surface area contributed by atoms with Crippen molar-refractivity contribution in [1.82, 2.24) is 4.90 Å². The number of benzene rings is 1. The number of nitrogens with zero attached hydrogens (tertiary/aromatic N) is 1. The molecule has 106 valence electrons. The molecule has 1 aromatic rings. The first-order valence-corrected chi connectivity index (χ1v) is 7.23. The van der Waals surface area contributed by atoms with Gasteiger partial charge in [0.1, 0.15) is 6.61 Å². The van der Waals surface area contributed by atoms with Crippen LogP contribution in [0.3, 0.4) is 0 Å². The van der Waals surface area contributed by atoms with E-state index in [0.29, 0.717) is 6.61 Å². The molecule has 0 atom stereocenters. The Bertz CT molecular complexity index is 343. The highest BCUT2D eigenvalue weighted by molar-refractivity contribution is 5.67. The molecule has 0 spiro atoms. The number of unbranched alkanes of at least 4 members (excludes halogenated alkanes) is 2. The van der Waals surface area contributed by atoms with Crippen LogP contribution in [0.15, 0.2) is 30.3 Å². The van der Waals surface area contributed by atoms with Gasteiger partial charge in [-0.05, 0) is 18.4 Å². The molecule has 1 amide bonds. The molecule has 0 fully saturated rings. The highest BCUT2D eigenvalue weighted by Crippen LogP contribution is 2.06. The Morgan fingerprint density at radius 1 is 1.05 bits per heavy atom. The van der Waals surface area contributed by atoms with Crippen molar-refractivity contribution >= 4 is 6.09 Å². The molecule has 0 radical (unpaired) electrons. The monoisotopic (exact) mass is 263 g/mol. The molecule has 0 aliphatic rings. The van der Waals surface area contributed by atoms with Crippen LogP contribution in [-0.2, 0) is 11.3 Å². The number of hydrogen-bond acceptors (Lipinski definition) is 2. The highest BCUT2D eigenvalue weighted by Gasteiger charge is 2.13. The predicted molar refractivity (Wildman–Crippen MR) is 78.0 cm³/mol. The van der Waals surface area contributed by atoms with Gasteiger partial charge in [0, 0.05) is 13.1 Å². The molecule has 0 aromatic heterocycles. The van der Waals surface area contributed by atoms with E-state index in [2.05, 4.69) is 13.8 Å². The van der Waals surface area contributed by atoms with E-state index in [4.69, 9.17) is 4.74 Å². The van der Waals surface area contributed by atoms with Crippen LogP contribution in [0.5, 0.6) is 0 Å². The number of carbonyl (C=O) groups is 1. The van der Waals surface area contributed by atoms with E-state index in [-0.39, 0.29) is 6.09 Å². The van der Waals surface area contributed by atoms with Crippen molar-refractivity contribution in [3.05, 3.63) is 35.9 Å². The van der Waals surface area contributed by atoms with E-state index in [1.165, 1.54) is 0 Å². The second kappa shape index (κ2) is 9.42. The summed E-state index contributed by atoms with van der Waals surface area (Å²) in [6.45, 7) is 6.21. The van der Waals surface area contributed by atoms with Crippen molar-refractivity contribution in [2.24, 2.45) is 0 Å². The van der Waals surface area contributed by atoms with E-state index in [0.717, 1.165) is 44.3 Å². The van der Waals surface area contributed by atoms with Gasteiger partial charge in [0.2, 0.25) is 0 Å². The van der Waals surface area contributed by atoms with Crippen LogP contribution in [-0.4, -0.2) is 24.1 Å². The summed E-state index contributed by atoms with van der Waals surface area (Å²) in [5.74, 6) is 0. The molecular weight excluding hydrogens is 238 g/mol. The van der Waals surface area contributed by atoms with Crippen molar-refractivity contribution in [1.29, 1.82) is 0 Å². The van der Waals surface area contributed by atoms with Gasteiger partial charge < -0.3 is 9.64 Å². The van der Waals surface area contributed by atoms with Crippen molar-refractivity contribution < 1.29 is 9.53 Å². The second-order valence-electron chi connectivity index (χ2n) is 4.73. The minimum absolute atomic E-state index is 0.189. The standard InChI is InChI=1S/C16H25NO2/c1-3-5-12-17(13-6-4-2)16(18)19-14-15-10-8-7-9-11-15/h7-11H,3-6,12-14H2,1-2H3. The molecule has 0 saturated heterocycles. The van der Waals surface area contributed by atoms with E-state index in [9.17, 15) is 4.79 Å². The molecule has 3 nitrogen and oxygen atoms in total. The number of ether oxygens (including phenoxy) is 1. The summed E-state index contributed by atoms with van der Waals surface area (Å²) in [5.41, 5.74) is 1.03. The molecule has 0 saturated carbocycles. The summed E-state index contributed by atoms with van der Waals surface area (Å²) in [7, 11) is 0. The summed E-state index contributed by atoms with van der Waals surface area (Å²) in [4.78, 5) is 13.9. The Morgan fingerprint density at radius 3 is 2.16 bits per heavy atom. The van der Waals surface area contributed by atoms with Crippen LogP contribution in [0.2, 0.25) is 0 Å². The van der Waals surface area contributed by atoms with E-state index < -0.39 is 0 Å². The van der Waals surface area contributed by atoms with Gasteiger partial charge >= 0.3 is 6.09 Å². The molecule has 19 heavy (non-hydrogen) atoms. The van der Waals surface area contributed by atoms with E-state index >= 15 is 0 Å². The minimum atomic E-state index is -0.189. The Balaban J connectivity index is 2.41. The predicted octanol–water partition coefficient (Wildman–Crippen LogP) is 4.23. The lowest BCUT2D eigenvalue weighted by atomic mass is 10.2. The summed E-state index contributed by atoms with van der Waals surface area (Å²) in [6.07, 6.45) is 4.06. The number of rotatable bonds is 8. The molecule has 0 heterocycles. The lowest BCUT2D eigenvalue weighted by Crippen LogP contribution is -2.33. The highest BCUT2D eigenvalue weighted by atomic mass is 16.6. The lowest BCUT2D eigenvalue weighted by Gasteiger charge is -2.21. The van der Waals surface area contributed by atoms with Crippen LogP contribution in [0, 0.1) is 0 Å². The summed E-state index contributed by atoms with van der Waals surface area (Å²) in [5, 5.41) is 0. The Kier molecular flexibility index (Phi) is 7.71. The SMILES string of the molecule is CCCCN(CCCC)C(=O)OCc1ccccc1. The normalized spacial score (nSPS) is 10.2. The fourth-order valence-electron chi connectivity index (χ4n) is 1.80. The zero-order valence-corrected chi connectivity index (χ0v) is 12.1. The van der Waals surface area contributed by atoms with Crippen molar-refractivity contribution in [3.63, 3.8) is 0 Å². The largest absolute Gasteiger partial charge is 0.445 e. The second-order valence-corrected chi connectivity index (χ2v) is 4.73. The van der Waals surface area contributed by atoms with Crippen LogP contribution in [0.4, 0.5) is 4.79 Å². The summed E-state index contributed by atoms with van der Waals surface area (Å²) >= 11 is 0. The molecule has 0 aliphatic heterocycles. The van der Waals surface area contributed by atoms with Crippen molar-refractivity contribution in [2.45, 2.75) is 46.1 Å². The first-order valence-electron chi connectivity index (χ1n) is 7.23. The third-order valence-electron chi connectivity index (χ3n) is 3.03. The zero-order chi connectivity index (χ0) is 13.9. The average Bonchev–Trinajstić information content (AvgIpc) is 2.46. The van der Waals surface area contributed by atoms with Crippen LogP contribution in [0.25, 0.3) is 0 Å². The van der Waals surface area contributed by atoms with E-state index in [1.807, 2.05) is 35.2 Å². The third kappa shape index (κ3) is 6.27. The number of hydrogen-bond donors (Lipinski definition) is 0. The number of amides is 1. The Hall–Kier alpha value is -1.51. The fraction of sp³-hybridized carbons (Fsp3) is 0.562. The Morgan fingerprint density at radius 2 is 1.63 bits per heavy atom. The number of carbonyl (C=O) groups excluding carboxylic acids is 1. The quantitative estimate of drug-likeness (QED) is 0.702. The smallest absolute Gasteiger partial charge is 0.410 e. The molecule has 1 rings (SSSR count). The van der Waals surface area contributed by atoms with Crippen molar-refractivity contribution in [2.75, 3.05) is 13.1 Å². The maximum Gasteiger partial charge on any atom is 0.410 e. The first kappa shape index (κ1) is 15.5. The maximum absolute atomic E-state index is 12.0. The van der Waals surface area contributed by atoms with Gasteiger partial charge in [-0.3, -0.25) is 0 Å². The van der Waals surface area contributed by atoms with E-state index in [1.54, 1.807) is 0 Å². The topological polar surface area (TPSA) is 29.5 Å². The summed E-state index contributed by atoms with van der Waals surface area (Å²) in [6, 6.07) is 9.80. The minimum Gasteiger partial charge on any atom is -0.445 e. The molecular formula is C16H25NO2. The van der Waals surface area contributed by atoms with Crippen LogP contribution >= 0.6 is 0 Å². The molecule has 1 aromatic carbocycles. The van der Waals surface area contributed by atoms with Crippen LogP contribution < -0.4 is 0 Å². The van der Waals surface area contributed by atoms with Crippen molar-refractivity contribution in [3.8, 4) is 0 Å². The van der Waals surface area contributed by atoms with Gasteiger partial charge in [0.15, 0.2) is 0 Å². The van der Waals surface area contributed by atoms with Gasteiger partial charge in [0.05, 0.1) is 0 Å². The Labute approximate surface area is 116 Å². The molecule has 0 aliphatic carbocycles. The van der Waals surface area contributed by atoms with Crippen LogP contribution in [0.1, 0.15) is 45.1 Å². The molecule has 0 N–H and O–H groups in total. The van der Waals surface area contributed by atoms with Gasteiger partial charge in [-0.25, -0.2) is 4.79 Å². The third-order valence-corrected chi connectivity index (χ3v) is 3.03. The van der Waals surface area contributed by atoms with Gasteiger partial charge in [-0.2, -0.15) is 0 Å². The molecule has 0 bridgehead atoms. The lowest BCUT2D eigenvalue weighted by molar-refractivity contribution is 0.0951. The van der Waals surface area contributed by atoms with Gasteiger partial charge in [-0.15, -0.1) is 0 Å². The fourth-order valence-corrected chi connectivity index (χ4v) is 1.80. The average molecular weight is 263 g/mol. The van der Waals surface area contributed by atoms with Gasteiger partial charge in [-0.1, -0.05) is 57.0 Å². The molecule has 3 heteroatoms. The zero-order valence-electron chi connectivity index (χ0n) is 12.1. The first-order chi connectivity index (χ1) is 9.27. The van der Waals surface area contributed by atoms with Gasteiger partial charge in [0.25, 0.3) is 0 Å². The summed E-state index contributed by atoms with van der Waals surface area (Å²) < 4.78 is 5.37. The molecule has 0 unspecified atom stereocenters. The maximum atomic E-state index is 12.0.